The topological polar surface area (TPSA) is 28.2 Å². The largest absolute Gasteiger partial charge is 0.380 e. The maximum atomic E-state index is 4.29. The fraction of sp³-hybridized carbons (Fsp3) is 0.583. The first-order valence-corrected chi connectivity index (χ1v) is 5.62. The molecule has 1 atom stereocenters. The molecule has 0 radical (unpaired) electrons. The van der Waals surface area contributed by atoms with Crippen LogP contribution in [0.2, 0.25) is 0 Å². The summed E-state index contributed by atoms with van der Waals surface area (Å²) in [4.78, 5) is 6.67. The van der Waals surface area contributed by atoms with Gasteiger partial charge in [-0.2, -0.15) is 0 Å². The Morgan fingerprint density at radius 1 is 1.53 bits per heavy atom. The van der Waals surface area contributed by atoms with Gasteiger partial charge in [0.15, 0.2) is 0 Å². The Labute approximate surface area is 91.5 Å². The van der Waals surface area contributed by atoms with Crippen molar-refractivity contribution in [3.8, 4) is 0 Å². The van der Waals surface area contributed by atoms with Crippen molar-refractivity contribution >= 4 is 5.69 Å². The van der Waals surface area contributed by atoms with Gasteiger partial charge < -0.3 is 10.2 Å². The molecule has 0 saturated carbocycles. The van der Waals surface area contributed by atoms with Crippen LogP contribution < -0.4 is 5.32 Å². The van der Waals surface area contributed by atoms with E-state index in [-0.39, 0.29) is 0 Å². The fourth-order valence-electron chi connectivity index (χ4n) is 2.14. The Morgan fingerprint density at radius 2 is 2.40 bits per heavy atom. The number of anilines is 1. The highest BCUT2D eigenvalue weighted by atomic mass is 15.1. The van der Waals surface area contributed by atoms with Crippen molar-refractivity contribution in [1.82, 2.24) is 9.88 Å². The van der Waals surface area contributed by atoms with Crippen LogP contribution in [-0.2, 0) is 0 Å². The van der Waals surface area contributed by atoms with E-state index < -0.39 is 0 Å². The van der Waals surface area contributed by atoms with Crippen LogP contribution in [0.1, 0.15) is 18.5 Å². The third kappa shape index (κ3) is 2.69. The van der Waals surface area contributed by atoms with E-state index in [1.807, 2.05) is 12.3 Å². The number of likely N-dealkylation sites (N-methyl/N-ethyl adjacent to an activating group) is 1. The molecule has 2 heterocycles. The van der Waals surface area contributed by atoms with Crippen molar-refractivity contribution in [2.45, 2.75) is 25.8 Å². The number of hydrogen-bond acceptors (Lipinski definition) is 3. The van der Waals surface area contributed by atoms with Crippen molar-refractivity contribution in [2.75, 3.05) is 25.5 Å². The number of piperidine rings is 1. The molecule has 1 fully saturated rings. The van der Waals surface area contributed by atoms with Crippen LogP contribution >= 0.6 is 0 Å². The minimum absolute atomic E-state index is 0.576. The zero-order chi connectivity index (χ0) is 10.7. The molecule has 3 heteroatoms. The summed E-state index contributed by atoms with van der Waals surface area (Å²) in [5, 5.41) is 3.58. The smallest absolute Gasteiger partial charge is 0.0603 e. The Kier molecular flexibility index (Phi) is 3.21. The summed E-state index contributed by atoms with van der Waals surface area (Å²) in [5.74, 6) is 0. The van der Waals surface area contributed by atoms with Gasteiger partial charge in [0.2, 0.25) is 0 Å². The zero-order valence-corrected chi connectivity index (χ0v) is 9.53. The lowest BCUT2D eigenvalue weighted by Gasteiger charge is -2.31. The Morgan fingerprint density at radius 3 is 3.13 bits per heavy atom. The number of rotatable bonds is 2. The first-order chi connectivity index (χ1) is 7.25. The first-order valence-electron chi connectivity index (χ1n) is 5.62. The third-order valence-corrected chi connectivity index (χ3v) is 2.99. The Hall–Kier alpha value is -1.09. The van der Waals surface area contributed by atoms with Crippen molar-refractivity contribution < 1.29 is 0 Å². The van der Waals surface area contributed by atoms with Gasteiger partial charge in [-0.25, -0.2) is 0 Å². The van der Waals surface area contributed by atoms with Crippen LogP contribution in [-0.4, -0.2) is 36.1 Å². The number of pyridine rings is 1. The molecule has 1 N–H and O–H groups in total. The van der Waals surface area contributed by atoms with Crippen molar-refractivity contribution in [1.29, 1.82) is 0 Å². The number of nitrogens with one attached hydrogen (secondary N) is 1. The highest BCUT2D eigenvalue weighted by molar-refractivity contribution is 5.47. The maximum absolute atomic E-state index is 4.29. The van der Waals surface area contributed by atoms with Gasteiger partial charge in [-0.15, -0.1) is 0 Å². The van der Waals surface area contributed by atoms with Gasteiger partial charge in [-0.05, 0) is 45.5 Å². The van der Waals surface area contributed by atoms with Gasteiger partial charge >= 0.3 is 0 Å². The highest BCUT2D eigenvalue weighted by Crippen LogP contribution is 2.16. The van der Waals surface area contributed by atoms with Crippen LogP contribution in [0.4, 0.5) is 5.69 Å². The summed E-state index contributed by atoms with van der Waals surface area (Å²) < 4.78 is 0. The predicted octanol–water partition coefficient (Wildman–Crippen LogP) is 1.90. The number of nitrogens with zero attached hydrogens (tertiary/aromatic N) is 2. The van der Waals surface area contributed by atoms with Crippen LogP contribution in [0.3, 0.4) is 0 Å². The van der Waals surface area contributed by atoms with Gasteiger partial charge in [0.25, 0.3) is 0 Å². The monoisotopic (exact) mass is 205 g/mol. The molecule has 1 aliphatic heterocycles. The molecule has 0 amide bonds. The van der Waals surface area contributed by atoms with E-state index in [4.69, 9.17) is 0 Å². The van der Waals surface area contributed by atoms with E-state index in [2.05, 4.69) is 35.2 Å². The van der Waals surface area contributed by atoms with E-state index in [0.29, 0.717) is 6.04 Å². The molecule has 1 saturated heterocycles. The standard InChI is InChI=1S/C12H19N3/c1-10-12(6-3-7-13-10)14-11-5-4-8-15(2)9-11/h3,6-7,11,14H,4-5,8-9H2,1-2H3. The average Bonchev–Trinajstić information content (AvgIpc) is 2.22. The summed E-state index contributed by atoms with van der Waals surface area (Å²) in [5.41, 5.74) is 2.27. The number of hydrogen-bond donors (Lipinski definition) is 1. The zero-order valence-electron chi connectivity index (χ0n) is 9.53. The van der Waals surface area contributed by atoms with Crippen LogP contribution in [0, 0.1) is 6.92 Å². The molecule has 0 aromatic carbocycles. The van der Waals surface area contributed by atoms with Crippen LogP contribution in [0.15, 0.2) is 18.3 Å². The molecule has 15 heavy (non-hydrogen) atoms. The first kappa shape index (κ1) is 10.4. The maximum Gasteiger partial charge on any atom is 0.0603 e. The van der Waals surface area contributed by atoms with Gasteiger partial charge in [0, 0.05) is 18.8 Å². The summed E-state index contributed by atoms with van der Waals surface area (Å²) in [6, 6.07) is 4.67. The fourth-order valence-corrected chi connectivity index (χ4v) is 2.14. The van der Waals surface area contributed by atoms with Crippen LogP contribution in [0.25, 0.3) is 0 Å². The van der Waals surface area contributed by atoms with E-state index in [0.717, 1.165) is 12.2 Å². The van der Waals surface area contributed by atoms with Crippen molar-refractivity contribution in [2.24, 2.45) is 0 Å². The summed E-state index contributed by atoms with van der Waals surface area (Å²) >= 11 is 0. The molecule has 0 spiro atoms. The second-order valence-electron chi connectivity index (χ2n) is 4.38. The number of aryl methyl sites for hydroxylation is 1. The Bertz CT molecular complexity index is 324. The molecule has 1 aromatic heterocycles. The molecule has 1 aliphatic rings. The molecule has 3 nitrogen and oxygen atoms in total. The average molecular weight is 205 g/mol. The lowest BCUT2D eigenvalue weighted by Crippen LogP contribution is -2.39. The summed E-state index contributed by atoms with van der Waals surface area (Å²) in [6.07, 6.45) is 4.39. The molecule has 1 unspecified atom stereocenters. The Balaban J connectivity index is 1.99. The second kappa shape index (κ2) is 4.62. The van der Waals surface area contributed by atoms with Gasteiger partial charge in [0.05, 0.1) is 11.4 Å². The molecule has 82 valence electrons. The quantitative estimate of drug-likeness (QED) is 0.799. The summed E-state index contributed by atoms with van der Waals surface area (Å²) in [7, 11) is 2.18. The van der Waals surface area contributed by atoms with E-state index in [9.17, 15) is 0 Å². The van der Waals surface area contributed by atoms with Crippen LogP contribution in [0.5, 0.6) is 0 Å². The predicted molar refractivity (Wildman–Crippen MR) is 63.1 cm³/mol. The van der Waals surface area contributed by atoms with Crippen molar-refractivity contribution in [3.63, 3.8) is 0 Å². The molecular weight excluding hydrogens is 186 g/mol. The highest BCUT2D eigenvalue weighted by Gasteiger charge is 2.17. The lowest BCUT2D eigenvalue weighted by molar-refractivity contribution is 0.261. The number of aromatic nitrogens is 1. The normalized spacial score (nSPS) is 22.7. The summed E-state index contributed by atoms with van der Waals surface area (Å²) in [6.45, 7) is 4.41. The minimum Gasteiger partial charge on any atom is -0.380 e. The van der Waals surface area contributed by atoms with Gasteiger partial charge in [-0.3, -0.25) is 4.98 Å². The van der Waals surface area contributed by atoms with Crippen molar-refractivity contribution in [3.05, 3.63) is 24.0 Å². The SMILES string of the molecule is Cc1ncccc1NC1CCCN(C)C1. The second-order valence-corrected chi connectivity index (χ2v) is 4.38. The number of likely N-dealkylation sites (tertiary alicyclic amines) is 1. The molecule has 1 aromatic rings. The molecule has 0 bridgehead atoms. The van der Waals surface area contributed by atoms with E-state index >= 15 is 0 Å². The lowest BCUT2D eigenvalue weighted by atomic mass is 10.1. The molecule has 0 aliphatic carbocycles. The third-order valence-electron chi connectivity index (χ3n) is 2.99. The van der Waals surface area contributed by atoms with Gasteiger partial charge in [0.1, 0.15) is 0 Å². The van der Waals surface area contributed by atoms with E-state index in [1.165, 1.54) is 25.1 Å². The molecule has 2 rings (SSSR count). The van der Waals surface area contributed by atoms with E-state index in [1.54, 1.807) is 0 Å². The molecular formula is C12H19N3. The minimum atomic E-state index is 0.576. The van der Waals surface area contributed by atoms with Gasteiger partial charge in [-0.1, -0.05) is 0 Å².